The number of halogens is 4. The van der Waals surface area contributed by atoms with Crippen molar-refractivity contribution in [3.8, 4) is 0 Å². The van der Waals surface area contributed by atoms with Crippen molar-refractivity contribution in [2.24, 2.45) is 0 Å². The van der Waals surface area contributed by atoms with Crippen molar-refractivity contribution >= 4 is 28.5 Å². The molecule has 4 aromatic rings. The molecule has 0 spiro atoms. The summed E-state index contributed by atoms with van der Waals surface area (Å²) in [5.74, 6) is -4.12. The second-order valence-corrected chi connectivity index (χ2v) is 10.0. The minimum atomic E-state index is -3.36. The number of carbonyl (C=O) groups excluding carboxylic acids is 1. The zero-order valence-electron chi connectivity index (χ0n) is 20.5. The van der Waals surface area contributed by atoms with Crippen molar-refractivity contribution in [3.05, 3.63) is 93.8 Å². The first-order chi connectivity index (χ1) is 17.4. The molecule has 4 rings (SSSR count). The number of rotatable bonds is 8. The molecule has 6 nitrogen and oxygen atoms in total. The van der Waals surface area contributed by atoms with Crippen LogP contribution in [-0.2, 0) is 24.4 Å². The van der Waals surface area contributed by atoms with Crippen molar-refractivity contribution in [2.75, 3.05) is 0 Å². The smallest absolute Gasteiger partial charge is 0.298 e. The maximum absolute atomic E-state index is 14.5. The van der Waals surface area contributed by atoms with Gasteiger partial charge in [-0.15, -0.1) is 5.10 Å². The number of aliphatic hydroxyl groups excluding tert-OH is 1. The van der Waals surface area contributed by atoms with Gasteiger partial charge < -0.3 is 10.4 Å². The van der Waals surface area contributed by atoms with E-state index in [-0.39, 0.29) is 18.0 Å². The largest absolute Gasteiger partial charge is 0.387 e. The lowest BCUT2D eigenvalue weighted by molar-refractivity contribution is -0.106. The third-order valence-corrected chi connectivity index (χ3v) is 6.59. The molecule has 0 bridgehead atoms. The fraction of sp³-hybridized carbons (Fsp3) is 0.296. The Bertz CT molecular complexity index is 1420. The predicted octanol–water partition coefficient (Wildman–Crippen LogP) is 5.60. The van der Waals surface area contributed by atoms with Gasteiger partial charge in [-0.1, -0.05) is 61.0 Å². The summed E-state index contributed by atoms with van der Waals surface area (Å²) >= 11 is 6.27. The number of aromatic nitrogens is 3. The second kappa shape index (κ2) is 10.1. The van der Waals surface area contributed by atoms with E-state index in [1.807, 2.05) is 13.8 Å². The number of carbonyl (C=O) groups is 1. The molecule has 2 N–H and O–H groups in total. The number of alkyl halides is 2. The van der Waals surface area contributed by atoms with Crippen LogP contribution in [0.1, 0.15) is 47.8 Å². The summed E-state index contributed by atoms with van der Waals surface area (Å²) < 4.78 is 44.0. The Balaban J connectivity index is 1.46. The molecule has 1 amide bonds. The number of benzene rings is 3. The summed E-state index contributed by atoms with van der Waals surface area (Å²) in [6.45, 7) is 5.19. The van der Waals surface area contributed by atoms with E-state index in [2.05, 4.69) is 15.6 Å². The lowest BCUT2D eigenvalue weighted by Gasteiger charge is -2.26. The standard InChI is InChI=1S/C27H26ClF3N4O2/c1-16(36)27(30,31)19-10-7-17(8-11-19)14-32-25(37)18-9-12-23-22(13-18)33-34-35(23)15-26(2,3)24-20(28)5-4-6-21(24)29/h4-13,16,36H,14-15H2,1-3H3,(H,32,37). The van der Waals surface area contributed by atoms with Crippen molar-refractivity contribution in [1.82, 2.24) is 20.3 Å². The van der Waals surface area contributed by atoms with Crippen LogP contribution in [0.4, 0.5) is 13.2 Å². The predicted molar refractivity (Wildman–Crippen MR) is 135 cm³/mol. The van der Waals surface area contributed by atoms with Gasteiger partial charge in [0.15, 0.2) is 0 Å². The Morgan fingerprint density at radius 3 is 2.49 bits per heavy atom. The van der Waals surface area contributed by atoms with Crippen molar-refractivity contribution in [3.63, 3.8) is 0 Å². The quantitative estimate of drug-likeness (QED) is 0.310. The highest BCUT2D eigenvalue weighted by Crippen LogP contribution is 2.34. The minimum absolute atomic E-state index is 0.127. The molecule has 0 aliphatic heterocycles. The number of aliphatic hydroxyl groups is 1. The Morgan fingerprint density at radius 2 is 1.84 bits per heavy atom. The maximum atomic E-state index is 14.5. The summed E-state index contributed by atoms with van der Waals surface area (Å²) in [5.41, 5.74) is 1.55. The van der Waals surface area contributed by atoms with Gasteiger partial charge in [0.1, 0.15) is 17.4 Å². The number of nitrogens with one attached hydrogen (secondary N) is 1. The first kappa shape index (κ1) is 26.6. The highest BCUT2D eigenvalue weighted by Gasteiger charge is 2.37. The number of hydrogen-bond acceptors (Lipinski definition) is 4. The lowest BCUT2D eigenvalue weighted by atomic mass is 9.84. The fourth-order valence-electron chi connectivity index (χ4n) is 4.20. The van der Waals surface area contributed by atoms with Crippen LogP contribution in [0.3, 0.4) is 0 Å². The summed E-state index contributed by atoms with van der Waals surface area (Å²) in [6.07, 6.45) is -1.81. The zero-order chi connectivity index (χ0) is 27.0. The average molecular weight is 531 g/mol. The fourth-order valence-corrected chi connectivity index (χ4v) is 4.62. The van der Waals surface area contributed by atoms with E-state index in [1.54, 1.807) is 35.0 Å². The molecule has 194 valence electrons. The highest BCUT2D eigenvalue weighted by molar-refractivity contribution is 6.31. The molecule has 10 heteroatoms. The number of fused-ring (bicyclic) bond motifs is 1. The van der Waals surface area contributed by atoms with Crippen LogP contribution in [0.2, 0.25) is 5.02 Å². The number of amides is 1. The first-order valence-electron chi connectivity index (χ1n) is 11.6. The summed E-state index contributed by atoms with van der Waals surface area (Å²) in [5, 5.41) is 20.7. The zero-order valence-corrected chi connectivity index (χ0v) is 21.2. The summed E-state index contributed by atoms with van der Waals surface area (Å²) in [6, 6.07) is 14.9. The normalized spacial score (nSPS) is 13.1. The molecule has 1 heterocycles. The molecular formula is C27H26ClF3N4O2. The first-order valence-corrected chi connectivity index (χ1v) is 12.0. The molecule has 1 atom stereocenters. The van der Waals surface area contributed by atoms with E-state index in [4.69, 9.17) is 11.6 Å². The number of hydrogen-bond donors (Lipinski definition) is 2. The summed E-state index contributed by atoms with van der Waals surface area (Å²) in [4.78, 5) is 12.7. The molecule has 0 saturated carbocycles. The van der Waals surface area contributed by atoms with Crippen LogP contribution in [0.15, 0.2) is 60.7 Å². The Hall–Kier alpha value is -3.43. The van der Waals surface area contributed by atoms with Crippen LogP contribution in [0, 0.1) is 5.82 Å². The van der Waals surface area contributed by atoms with Crippen LogP contribution >= 0.6 is 11.6 Å². The molecule has 0 saturated heterocycles. The second-order valence-electron chi connectivity index (χ2n) is 9.61. The molecular weight excluding hydrogens is 505 g/mol. The van der Waals surface area contributed by atoms with Gasteiger partial charge >= 0.3 is 0 Å². The van der Waals surface area contributed by atoms with Gasteiger partial charge in [0, 0.05) is 33.7 Å². The van der Waals surface area contributed by atoms with Gasteiger partial charge in [-0.25, -0.2) is 9.07 Å². The van der Waals surface area contributed by atoms with Crippen LogP contribution in [-0.4, -0.2) is 32.1 Å². The Labute approximate surface area is 217 Å². The van der Waals surface area contributed by atoms with E-state index in [0.29, 0.717) is 39.3 Å². The molecule has 0 fully saturated rings. The van der Waals surface area contributed by atoms with Gasteiger partial charge in [0.2, 0.25) is 0 Å². The molecule has 37 heavy (non-hydrogen) atoms. The van der Waals surface area contributed by atoms with Gasteiger partial charge in [-0.2, -0.15) is 8.78 Å². The molecule has 0 aliphatic carbocycles. The van der Waals surface area contributed by atoms with E-state index < -0.39 is 23.3 Å². The van der Waals surface area contributed by atoms with Crippen molar-refractivity contribution in [1.29, 1.82) is 0 Å². The van der Waals surface area contributed by atoms with Crippen LogP contribution < -0.4 is 5.32 Å². The van der Waals surface area contributed by atoms with Crippen LogP contribution in [0.25, 0.3) is 11.0 Å². The van der Waals surface area contributed by atoms with E-state index in [0.717, 1.165) is 6.92 Å². The molecule has 0 aliphatic rings. The van der Waals surface area contributed by atoms with E-state index in [9.17, 15) is 23.1 Å². The molecule has 1 unspecified atom stereocenters. The number of nitrogens with zero attached hydrogens (tertiary/aromatic N) is 3. The van der Waals surface area contributed by atoms with Crippen molar-refractivity contribution < 1.29 is 23.1 Å². The van der Waals surface area contributed by atoms with Crippen molar-refractivity contribution in [2.45, 2.75) is 51.3 Å². The third-order valence-electron chi connectivity index (χ3n) is 6.28. The maximum Gasteiger partial charge on any atom is 0.298 e. The van der Waals surface area contributed by atoms with Gasteiger partial charge in [0.25, 0.3) is 11.8 Å². The lowest BCUT2D eigenvalue weighted by Crippen LogP contribution is -2.28. The Kier molecular flexibility index (Phi) is 7.30. The van der Waals surface area contributed by atoms with E-state index >= 15 is 0 Å². The van der Waals surface area contributed by atoms with Gasteiger partial charge in [-0.05, 0) is 42.8 Å². The minimum Gasteiger partial charge on any atom is -0.387 e. The third kappa shape index (κ3) is 5.47. The SMILES string of the molecule is CC(O)C(F)(F)c1ccc(CNC(=O)c2ccc3c(c2)nnn3CC(C)(C)c2c(F)cccc2Cl)cc1. The average Bonchev–Trinajstić information content (AvgIpc) is 3.23. The molecule has 1 aromatic heterocycles. The van der Waals surface area contributed by atoms with Gasteiger partial charge in [0.05, 0.1) is 12.1 Å². The van der Waals surface area contributed by atoms with Crippen LogP contribution in [0.5, 0.6) is 0 Å². The van der Waals surface area contributed by atoms with Gasteiger partial charge in [-0.3, -0.25) is 4.79 Å². The molecule has 0 radical (unpaired) electrons. The molecule has 3 aromatic carbocycles. The monoisotopic (exact) mass is 530 g/mol. The Morgan fingerprint density at radius 1 is 1.14 bits per heavy atom. The topological polar surface area (TPSA) is 80.0 Å². The van der Waals surface area contributed by atoms with E-state index in [1.165, 1.54) is 30.3 Å². The summed E-state index contributed by atoms with van der Waals surface area (Å²) in [7, 11) is 0. The highest BCUT2D eigenvalue weighted by atomic mass is 35.5.